The van der Waals surface area contributed by atoms with E-state index in [4.69, 9.17) is 0 Å². The molecular formula is C8H11NS. The van der Waals surface area contributed by atoms with Gasteiger partial charge < -0.3 is 5.32 Å². The molecule has 0 bridgehead atoms. The molecule has 1 atom stereocenters. The first-order chi connectivity index (χ1) is 4.97. The summed E-state index contributed by atoms with van der Waals surface area (Å²) in [6.07, 6.45) is 1.32. The minimum Gasteiger partial charge on any atom is -0.316 e. The average molecular weight is 153 g/mol. The Morgan fingerprint density at radius 1 is 1.60 bits per heavy atom. The predicted molar refractivity (Wildman–Crippen MR) is 44.5 cm³/mol. The standard InChI is InChI=1S/C8H11NS/c1-3-9-5-7(1)8-2-4-10-6-8/h2,4,6-7,9H,1,3,5H2. The van der Waals surface area contributed by atoms with Gasteiger partial charge in [0.2, 0.25) is 0 Å². The molecule has 1 saturated heterocycles. The van der Waals surface area contributed by atoms with E-state index >= 15 is 0 Å². The molecular weight excluding hydrogens is 142 g/mol. The fourth-order valence-electron chi connectivity index (χ4n) is 1.45. The third kappa shape index (κ3) is 1.09. The van der Waals surface area contributed by atoms with Crippen molar-refractivity contribution in [2.75, 3.05) is 13.1 Å². The second-order valence-electron chi connectivity index (χ2n) is 2.75. The van der Waals surface area contributed by atoms with Crippen LogP contribution in [-0.4, -0.2) is 13.1 Å². The van der Waals surface area contributed by atoms with Crippen molar-refractivity contribution in [3.05, 3.63) is 22.4 Å². The summed E-state index contributed by atoms with van der Waals surface area (Å²) in [6, 6.07) is 2.24. The topological polar surface area (TPSA) is 12.0 Å². The average Bonchev–Trinajstić information content (AvgIpc) is 2.59. The fraction of sp³-hybridized carbons (Fsp3) is 0.500. The molecule has 0 radical (unpaired) electrons. The van der Waals surface area contributed by atoms with E-state index in [1.165, 1.54) is 25.1 Å². The first-order valence-electron chi connectivity index (χ1n) is 3.69. The Bertz CT molecular complexity index is 187. The van der Waals surface area contributed by atoms with Crippen LogP contribution >= 0.6 is 11.3 Å². The molecule has 2 rings (SSSR count). The molecule has 1 N–H and O–H groups in total. The molecule has 10 heavy (non-hydrogen) atoms. The van der Waals surface area contributed by atoms with E-state index in [-0.39, 0.29) is 0 Å². The zero-order valence-corrected chi connectivity index (χ0v) is 6.66. The van der Waals surface area contributed by atoms with Crippen molar-refractivity contribution in [2.24, 2.45) is 0 Å². The van der Waals surface area contributed by atoms with Crippen molar-refractivity contribution in [3.8, 4) is 0 Å². The van der Waals surface area contributed by atoms with Gasteiger partial charge in [-0.15, -0.1) is 0 Å². The lowest BCUT2D eigenvalue weighted by atomic mass is 10.0. The highest BCUT2D eigenvalue weighted by Crippen LogP contribution is 2.23. The summed E-state index contributed by atoms with van der Waals surface area (Å²) in [6.45, 7) is 2.37. The van der Waals surface area contributed by atoms with E-state index in [0.717, 1.165) is 5.92 Å². The summed E-state index contributed by atoms with van der Waals surface area (Å²) >= 11 is 1.80. The van der Waals surface area contributed by atoms with Gasteiger partial charge in [0.25, 0.3) is 0 Å². The van der Waals surface area contributed by atoms with Gasteiger partial charge in [-0.25, -0.2) is 0 Å². The van der Waals surface area contributed by atoms with Crippen LogP contribution in [0.3, 0.4) is 0 Å². The van der Waals surface area contributed by atoms with E-state index in [9.17, 15) is 0 Å². The van der Waals surface area contributed by atoms with Gasteiger partial charge >= 0.3 is 0 Å². The normalized spacial score (nSPS) is 25.4. The van der Waals surface area contributed by atoms with E-state index in [2.05, 4.69) is 22.1 Å². The molecule has 1 aliphatic rings. The van der Waals surface area contributed by atoms with Crippen molar-refractivity contribution in [3.63, 3.8) is 0 Å². The Hall–Kier alpha value is -0.340. The number of thiophene rings is 1. The Morgan fingerprint density at radius 2 is 2.60 bits per heavy atom. The zero-order valence-electron chi connectivity index (χ0n) is 5.84. The molecule has 0 aromatic carbocycles. The molecule has 54 valence electrons. The van der Waals surface area contributed by atoms with Crippen LogP contribution in [0.2, 0.25) is 0 Å². The first-order valence-corrected chi connectivity index (χ1v) is 4.64. The molecule has 0 spiro atoms. The van der Waals surface area contributed by atoms with E-state index in [1.54, 1.807) is 11.3 Å². The number of nitrogens with one attached hydrogen (secondary N) is 1. The highest BCUT2D eigenvalue weighted by molar-refractivity contribution is 7.07. The van der Waals surface area contributed by atoms with Crippen molar-refractivity contribution < 1.29 is 0 Å². The highest BCUT2D eigenvalue weighted by atomic mass is 32.1. The van der Waals surface area contributed by atoms with Gasteiger partial charge in [-0.1, -0.05) is 0 Å². The molecule has 0 amide bonds. The van der Waals surface area contributed by atoms with Gasteiger partial charge in [0.15, 0.2) is 0 Å². The van der Waals surface area contributed by atoms with Crippen LogP contribution < -0.4 is 5.32 Å². The smallest absolute Gasteiger partial charge is 0.00209 e. The van der Waals surface area contributed by atoms with Crippen LogP contribution in [0.15, 0.2) is 16.8 Å². The van der Waals surface area contributed by atoms with Crippen LogP contribution in [0.5, 0.6) is 0 Å². The summed E-state index contributed by atoms with van der Waals surface area (Å²) in [5.41, 5.74) is 1.52. The fourth-order valence-corrected chi connectivity index (χ4v) is 2.19. The monoisotopic (exact) mass is 153 g/mol. The molecule has 1 aromatic heterocycles. The lowest BCUT2D eigenvalue weighted by molar-refractivity contribution is 0.767. The van der Waals surface area contributed by atoms with Gasteiger partial charge in [-0.3, -0.25) is 0 Å². The lowest BCUT2D eigenvalue weighted by Gasteiger charge is -2.02. The number of rotatable bonds is 1. The van der Waals surface area contributed by atoms with Gasteiger partial charge in [0, 0.05) is 6.54 Å². The van der Waals surface area contributed by atoms with Crippen molar-refractivity contribution in [1.82, 2.24) is 5.32 Å². The quantitative estimate of drug-likeness (QED) is 0.649. The van der Waals surface area contributed by atoms with Crippen LogP contribution in [0, 0.1) is 0 Å². The SMILES string of the molecule is c1cc(C2CCNC2)cs1. The van der Waals surface area contributed by atoms with Crippen LogP contribution in [0.4, 0.5) is 0 Å². The van der Waals surface area contributed by atoms with E-state index in [1.807, 2.05) is 0 Å². The third-order valence-corrected chi connectivity index (χ3v) is 2.78. The third-order valence-electron chi connectivity index (χ3n) is 2.07. The molecule has 0 saturated carbocycles. The Kier molecular flexibility index (Phi) is 1.74. The van der Waals surface area contributed by atoms with Gasteiger partial charge in [-0.05, 0) is 41.3 Å². The molecule has 1 aromatic rings. The molecule has 1 aliphatic heterocycles. The van der Waals surface area contributed by atoms with Crippen molar-refractivity contribution in [1.29, 1.82) is 0 Å². The summed E-state index contributed by atoms with van der Waals surface area (Å²) in [4.78, 5) is 0. The minimum absolute atomic E-state index is 0.797. The van der Waals surface area contributed by atoms with E-state index in [0.29, 0.717) is 0 Å². The Morgan fingerprint density at radius 3 is 3.20 bits per heavy atom. The minimum atomic E-state index is 0.797. The highest BCUT2D eigenvalue weighted by Gasteiger charge is 2.15. The number of hydrogen-bond acceptors (Lipinski definition) is 2. The van der Waals surface area contributed by atoms with Gasteiger partial charge in [0.05, 0.1) is 0 Å². The van der Waals surface area contributed by atoms with Crippen LogP contribution in [0.25, 0.3) is 0 Å². The van der Waals surface area contributed by atoms with Crippen LogP contribution in [0.1, 0.15) is 17.9 Å². The number of hydrogen-bond donors (Lipinski definition) is 1. The summed E-state index contributed by atoms with van der Waals surface area (Å²) in [7, 11) is 0. The van der Waals surface area contributed by atoms with Gasteiger partial charge in [-0.2, -0.15) is 11.3 Å². The van der Waals surface area contributed by atoms with Crippen molar-refractivity contribution in [2.45, 2.75) is 12.3 Å². The summed E-state index contributed by atoms with van der Waals surface area (Å²) in [5, 5.41) is 7.79. The van der Waals surface area contributed by atoms with Gasteiger partial charge in [0.1, 0.15) is 0 Å². The second kappa shape index (κ2) is 2.72. The largest absolute Gasteiger partial charge is 0.316 e. The van der Waals surface area contributed by atoms with E-state index < -0.39 is 0 Å². The van der Waals surface area contributed by atoms with Crippen LogP contribution in [-0.2, 0) is 0 Å². The molecule has 1 nitrogen and oxygen atoms in total. The zero-order chi connectivity index (χ0) is 6.81. The Balaban J connectivity index is 2.12. The first kappa shape index (κ1) is 6.38. The maximum absolute atomic E-state index is 3.37. The van der Waals surface area contributed by atoms with Crippen molar-refractivity contribution >= 4 is 11.3 Å². The maximum Gasteiger partial charge on any atom is 0.00209 e. The predicted octanol–water partition coefficient (Wildman–Crippen LogP) is 1.82. The molecule has 2 heteroatoms. The molecule has 1 fully saturated rings. The Labute approximate surface area is 65.1 Å². The molecule has 1 unspecified atom stereocenters. The molecule has 2 heterocycles. The second-order valence-corrected chi connectivity index (χ2v) is 3.53. The lowest BCUT2D eigenvalue weighted by Crippen LogP contribution is -2.07. The maximum atomic E-state index is 3.37. The summed E-state index contributed by atoms with van der Waals surface area (Å²) < 4.78 is 0. The summed E-state index contributed by atoms with van der Waals surface area (Å²) in [5.74, 6) is 0.797. The molecule has 0 aliphatic carbocycles.